The highest BCUT2D eigenvalue weighted by molar-refractivity contribution is 5.84. The van der Waals surface area contributed by atoms with Gasteiger partial charge in [-0.25, -0.2) is 14.6 Å². The molecule has 1 aromatic heterocycles. The van der Waals surface area contributed by atoms with Crippen LogP contribution >= 0.6 is 0 Å². The number of H-pyrrole nitrogens is 1. The van der Waals surface area contributed by atoms with Crippen molar-refractivity contribution >= 4 is 11.9 Å². The minimum Gasteiger partial charge on any atom is -0.449 e. The van der Waals surface area contributed by atoms with Gasteiger partial charge in [-0.05, 0) is 18.8 Å². The topological polar surface area (TPSA) is 84.1 Å². The third-order valence-corrected chi connectivity index (χ3v) is 2.87. The Bertz CT molecular complexity index is 540. The summed E-state index contributed by atoms with van der Waals surface area (Å²) in [6.07, 6.45) is 9.20. The van der Waals surface area contributed by atoms with E-state index in [4.69, 9.17) is 11.2 Å². The molecule has 0 aromatic carbocycles. The maximum absolute atomic E-state index is 11.5. The third-order valence-electron chi connectivity index (χ3n) is 2.87. The van der Waals surface area contributed by atoms with E-state index in [-0.39, 0.29) is 5.82 Å². The fourth-order valence-corrected chi connectivity index (χ4v) is 1.59. The Morgan fingerprint density at radius 3 is 3.06 bits per heavy atom. The predicted octanol–water partition coefficient (Wildman–Crippen LogP) is 1.10. The summed E-state index contributed by atoms with van der Waals surface area (Å²) in [5.74, 6) is 2.91. The number of terminal acetylenes is 1. The van der Waals surface area contributed by atoms with Crippen LogP contribution in [0.2, 0.25) is 0 Å². The molecule has 0 atom stereocenters. The van der Waals surface area contributed by atoms with Crippen molar-refractivity contribution in [3.63, 3.8) is 0 Å². The molecular weight excluding hydrogens is 234 g/mol. The monoisotopic (exact) mass is 247 g/mol. The van der Waals surface area contributed by atoms with Gasteiger partial charge in [-0.2, -0.15) is 0 Å². The second kappa shape index (κ2) is 5.36. The lowest BCUT2D eigenvalue weighted by atomic mass is 9.86. The van der Waals surface area contributed by atoms with Crippen molar-refractivity contribution in [2.24, 2.45) is 5.92 Å². The fourth-order valence-electron chi connectivity index (χ4n) is 1.59. The first-order valence-corrected chi connectivity index (χ1v) is 5.68. The van der Waals surface area contributed by atoms with Crippen LogP contribution in [-0.4, -0.2) is 22.7 Å². The Morgan fingerprint density at radius 2 is 2.44 bits per heavy atom. The molecule has 0 unspecified atom stereocenters. The average molecular weight is 247 g/mol. The largest absolute Gasteiger partial charge is 0.449 e. The number of carbonyl (C=O) groups is 1. The van der Waals surface area contributed by atoms with Crippen molar-refractivity contribution in [2.75, 3.05) is 11.9 Å². The summed E-state index contributed by atoms with van der Waals surface area (Å²) in [7, 11) is 0. The molecule has 1 amide bonds. The van der Waals surface area contributed by atoms with E-state index in [0.717, 1.165) is 12.8 Å². The molecule has 2 N–H and O–H groups in total. The van der Waals surface area contributed by atoms with Crippen molar-refractivity contribution < 1.29 is 9.53 Å². The standard InChI is InChI=1S/C12H13N3O3/c1-2-9-6-13-11(16)14-10(9)15-12(17)18-7-8-4-3-5-8/h1,6,8H,3-5,7H2,(H2,13,14,15,16,17). The number of aromatic nitrogens is 2. The zero-order valence-corrected chi connectivity index (χ0v) is 9.73. The van der Waals surface area contributed by atoms with Gasteiger partial charge in [0.05, 0.1) is 18.4 Å². The summed E-state index contributed by atoms with van der Waals surface area (Å²) in [5, 5.41) is 2.41. The van der Waals surface area contributed by atoms with Gasteiger partial charge >= 0.3 is 11.8 Å². The predicted molar refractivity (Wildman–Crippen MR) is 65.1 cm³/mol. The van der Waals surface area contributed by atoms with Crippen molar-refractivity contribution in [3.8, 4) is 12.3 Å². The Balaban J connectivity index is 1.95. The summed E-state index contributed by atoms with van der Waals surface area (Å²) >= 11 is 0. The molecule has 1 aliphatic rings. The summed E-state index contributed by atoms with van der Waals surface area (Å²) in [4.78, 5) is 28.3. The first-order chi connectivity index (χ1) is 8.69. The minimum atomic E-state index is -0.625. The number of ether oxygens (including phenoxy) is 1. The van der Waals surface area contributed by atoms with Crippen molar-refractivity contribution in [3.05, 3.63) is 22.2 Å². The quantitative estimate of drug-likeness (QED) is 0.783. The maximum atomic E-state index is 11.5. The van der Waals surface area contributed by atoms with Crippen LogP contribution in [0.1, 0.15) is 24.8 Å². The first kappa shape index (κ1) is 12.2. The molecule has 1 aliphatic carbocycles. The Hall–Kier alpha value is -2.29. The van der Waals surface area contributed by atoms with Gasteiger partial charge in [0.2, 0.25) is 0 Å². The lowest BCUT2D eigenvalue weighted by molar-refractivity contribution is 0.115. The number of carbonyl (C=O) groups excluding carboxylic acids is 1. The van der Waals surface area contributed by atoms with Crippen LogP contribution in [0.4, 0.5) is 10.6 Å². The molecule has 1 aromatic rings. The number of hydrogen-bond acceptors (Lipinski definition) is 4. The number of amides is 1. The van der Waals surface area contributed by atoms with Gasteiger partial charge in [0.15, 0.2) is 0 Å². The Morgan fingerprint density at radius 1 is 1.67 bits per heavy atom. The Kier molecular flexibility index (Phi) is 3.63. The van der Waals surface area contributed by atoms with Crippen molar-refractivity contribution in [2.45, 2.75) is 19.3 Å². The molecule has 1 fully saturated rings. The van der Waals surface area contributed by atoms with Gasteiger partial charge in [0, 0.05) is 0 Å². The molecule has 0 saturated heterocycles. The molecule has 0 aliphatic heterocycles. The number of aromatic amines is 1. The minimum absolute atomic E-state index is 0.135. The molecule has 1 saturated carbocycles. The Labute approximate surface area is 104 Å². The summed E-state index contributed by atoms with van der Waals surface area (Å²) in [6, 6.07) is 0. The number of anilines is 1. The van der Waals surface area contributed by atoms with Crippen LogP contribution < -0.4 is 11.0 Å². The van der Waals surface area contributed by atoms with E-state index in [1.165, 1.54) is 12.6 Å². The van der Waals surface area contributed by atoms with Gasteiger partial charge in [-0.3, -0.25) is 10.3 Å². The van der Waals surface area contributed by atoms with Crippen LogP contribution in [0, 0.1) is 18.3 Å². The van der Waals surface area contributed by atoms with Gasteiger partial charge < -0.3 is 4.74 Å². The molecular formula is C12H13N3O3. The number of nitrogens with one attached hydrogen (secondary N) is 2. The zero-order valence-electron chi connectivity index (χ0n) is 9.73. The normalized spacial score (nSPS) is 14.4. The lowest BCUT2D eigenvalue weighted by Crippen LogP contribution is -2.24. The molecule has 0 spiro atoms. The molecule has 0 radical (unpaired) electrons. The lowest BCUT2D eigenvalue weighted by Gasteiger charge is -2.24. The van der Waals surface area contributed by atoms with Crippen LogP contribution in [-0.2, 0) is 4.74 Å². The van der Waals surface area contributed by atoms with Gasteiger partial charge in [-0.15, -0.1) is 6.42 Å². The molecule has 6 nitrogen and oxygen atoms in total. The summed E-state index contributed by atoms with van der Waals surface area (Å²) < 4.78 is 5.03. The fraction of sp³-hybridized carbons (Fsp3) is 0.417. The highest BCUT2D eigenvalue weighted by Crippen LogP contribution is 2.26. The third kappa shape index (κ3) is 2.88. The smallest absolute Gasteiger partial charge is 0.412 e. The SMILES string of the molecule is C#Cc1cnc(=O)[nH]c1NC(=O)OCC1CCC1. The van der Waals surface area contributed by atoms with E-state index in [2.05, 4.69) is 21.2 Å². The molecule has 0 bridgehead atoms. The van der Waals surface area contributed by atoms with Gasteiger partial charge in [-0.1, -0.05) is 12.3 Å². The highest BCUT2D eigenvalue weighted by Gasteiger charge is 2.19. The number of rotatable bonds is 3. The molecule has 2 rings (SSSR count). The molecule has 94 valence electrons. The second-order valence-corrected chi connectivity index (χ2v) is 4.14. The van der Waals surface area contributed by atoms with E-state index in [1.54, 1.807) is 0 Å². The van der Waals surface area contributed by atoms with Crippen molar-refractivity contribution in [1.29, 1.82) is 0 Å². The van der Waals surface area contributed by atoms with E-state index < -0.39 is 11.8 Å². The highest BCUT2D eigenvalue weighted by atomic mass is 16.5. The molecule has 1 heterocycles. The van der Waals surface area contributed by atoms with Crippen molar-refractivity contribution in [1.82, 2.24) is 9.97 Å². The number of nitrogens with zero attached hydrogens (tertiary/aromatic N) is 1. The second-order valence-electron chi connectivity index (χ2n) is 4.14. The summed E-state index contributed by atoms with van der Waals surface area (Å²) in [6.45, 7) is 0.395. The summed E-state index contributed by atoms with van der Waals surface area (Å²) in [5.41, 5.74) is -0.279. The van der Waals surface area contributed by atoms with E-state index in [9.17, 15) is 9.59 Å². The van der Waals surface area contributed by atoms with Gasteiger partial charge in [0.1, 0.15) is 5.82 Å². The van der Waals surface area contributed by atoms with E-state index in [0.29, 0.717) is 18.1 Å². The van der Waals surface area contributed by atoms with Crippen LogP contribution in [0.15, 0.2) is 11.0 Å². The van der Waals surface area contributed by atoms with E-state index >= 15 is 0 Å². The molecule has 6 heteroatoms. The van der Waals surface area contributed by atoms with Crippen LogP contribution in [0.25, 0.3) is 0 Å². The van der Waals surface area contributed by atoms with Gasteiger partial charge in [0.25, 0.3) is 0 Å². The average Bonchev–Trinajstić information content (AvgIpc) is 2.27. The maximum Gasteiger partial charge on any atom is 0.412 e. The zero-order chi connectivity index (χ0) is 13.0. The first-order valence-electron chi connectivity index (χ1n) is 5.68. The van der Waals surface area contributed by atoms with E-state index in [1.807, 2.05) is 0 Å². The van der Waals surface area contributed by atoms with Crippen LogP contribution in [0.5, 0.6) is 0 Å². The number of hydrogen-bond donors (Lipinski definition) is 2. The molecule has 18 heavy (non-hydrogen) atoms. The van der Waals surface area contributed by atoms with Crippen LogP contribution in [0.3, 0.4) is 0 Å².